The average molecular weight is 381 g/mol. The minimum atomic E-state index is -0.0994. The first-order chi connectivity index (χ1) is 12.2. The first-order valence-electron chi connectivity index (χ1n) is 7.56. The molecule has 0 spiro atoms. The third-order valence-electron chi connectivity index (χ3n) is 3.65. The number of aromatic nitrogens is 1. The van der Waals surface area contributed by atoms with Gasteiger partial charge in [0.25, 0.3) is 5.91 Å². The molecule has 122 valence electrons. The smallest absolute Gasteiger partial charge is 0.268 e. The molecule has 2 aromatic carbocycles. The highest BCUT2D eigenvalue weighted by Crippen LogP contribution is 2.36. The minimum Gasteiger partial charge on any atom is -0.268 e. The van der Waals surface area contributed by atoms with Crippen LogP contribution in [0.15, 0.2) is 70.9 Å². The third kappa shape index (κ3) is 3.28. The number of para-hydroxylation sites is 1. The molecule has 2 heterocycles. The van der Waals surface area contributed by atoms with E-state index in [4.69, 9.17) is 12.2 Å². The number of anilines is 1. The van der Waals surface area contributed by atoms with Gasteiger partial charge in [0.15, 0.2) is 4.32 Å². The largest absolute Gasteiger partial charge is 0.270 e. The summed E-state index contributed by atoms with van der Waals surface area (Å²) >= 11 is 8.21. The number of carbonyl (C=O) groups is 1. The number of amides is 1. The van der Waals surface area contributed by atoms with Crippen molar-refractivity contribution in [1.29, 1.82) is 0 Å². The quantitative estimate of drug-likeness (QED) is 0.461. The first kappa shape index (κ1) is 16.2. The van der Waals surface area contributed by atoms with Crippen molar-refractivity contribution < 1.29 is 4.79 Å². The summed E-state index contributed by atoms with van der Waals surface area (Å²) in [7, 11) is 0. The predicted molar refractivity (Wildman–Crippen MR) is 110 cm³/mol. The summed E-state index contributed by atoms with van der Waals surface area (Å²) in [4.78, 5) is 19.5. The zero-order valence-corrected chi connectivity index (χ0v) is 15.4. The van der Waals surface area contributed by atoms with Crippen LogP contribution in [-0.2, 0) is 4.79 Å². The third-order valence-corrected chi connectivity index (χ3v) is 5.75. The van der Waals surface area contributed by atoms with Gasteiger partial charge in [0.1, 0.15) is 5.01 Å². The Morgan fingerprint density at radius 2 is 1.68 bits per heavy atom. The van der Waals surface area contributed by atoms with Crippen LogP contribution in [0.25, 0.3) is 17.3 Å². The van der Waals surface area contributed by atoms with E-state index >= 15 is 0 Å². The second-order valence-electron chi connectivity index (χ2n) is 5.29. The van der Waals surface area contributed by atoms with Gasteiger partial charge in [-0.15, -0.1) is 11.3 Å². The zero-order valence-electron chi connectivity index (χ0n) is 13.0. The number of benzene rings is 2. The highest BCUT2D eigenvalue weighted by atomic mass is 32.2. The molecule has 1 saturated heterocycles. The Labute approximate surface area is 159 Å². The number of thiazole rings is 1. The molecule has 1 fully saturated rings. The molecule has 0 aliphatic carbocycles. The Bertz CT molecular complexity index is 965. The van der Waals surface area contributed by atoms with Crippen LogP contribution in [-0.4, -0.2) is 15.2 Å². The second kappa shape index (κ2) is 6.92. The van der Waals surface area contributed by atoms with Crippen molar-refractivity contribution >= 4 is 57.3 Å². The molecule has 0 unspecified atom stereocenters. The molecule has 3 nitrogen and oxygen atoms in total. The van der Waals surface area contributed by atoms with E-state index in [0.29, 0.717) is 9.23 Å². The monoisotopic (exact) mass is 380 g/mol. The lowest BCUT2D eigenvalue weighted by molar-refractivity contribution is -0.113. The lowest BCUT2D eigenvalue weighted by atomic mass is 10.2. The van der Waals surface area contributed by atoms with E-state index < -0.39 is 0 Å². The fraction of sp³-hybridized carbons (Fsp3) is 0. The molecule has 1 aliphatic rings. The summed E-state index contributed by atoms with van der Waals surface area (Å²) < 4.78 is 0.544. The van der Waals surface area contributed by atoms with E-state index in [2.05, 4.69) is 4.98 Å². The van der Waals surface area contributed by atoms with Crippen LogP contribution < -0.4 is 4.90 Å². The lowest BCUT2D eigenvalue weighted by Crippen LogP contribution is -2.27. The molecule has 1 aliphatic heterocycles. The van der Waals surface area contributed by atoms with E-state index in [0.717, 1.165) is 22.0 Å². The Morgan fingerprint density at radius 1 is 1.00 bits per heavy atom. The van der Waals surface area contributed by atoms with Crippen LogP contribution in [0.5, 0.6) is 0 Å². The number of hydrogen-bond donors (Lipinski definition) is 0. The Balaban J connectivity index is 1.62. The molecule has 4 rings (SSSR count). The van der Waals surface area contributed by atoms with Gasteiger partial charge in [-0.25, -0.2) is 4.98 Å². The molecular formula is C19H12N2OS3. The van der Waals surface area contributed by atoms with Gasteiger partial charge in [0, 0.05) is 10.9 Å². The van der Waals surface area contributed by atoms with E-state index in [-0.39, 0.29) is 5.91 Å². The predicted octanol–water partition coefficient (Wildman–Crippen LogP) is 5.22. The van der Waals surface area contributed by atoms with Crippen LogP contribution in [0.4, 0.5) is 5.69 Å². The molecule has 0 bridgehead atoms. The highest BCUT2D eigenvalue weighted by Gasteiger charge is 2.33. The second-order valence-corrected chi connectivity index (χ2v) is 7.86. The molecule has 3 aromatic rings. The van der Waals surface area contributed by atoms with Gasteiger partial charge in [0.05, 0.1) is 16.3 Å². The molecule has 1 aromatic heterocycles. The number of carbonyl (C=O) groups excluding carboxylic acids is 1. The maximum Gasteiger partial charge on any atom is 0.270 e. The number of nitrogens with zero attached hydrogens (tertiary/aromatic N) is 2. The maximum absolute atomic E-state index is 12.7. The first-order valence-corrected chi connectivity index (χ1v) is 9.67. The van der Waals surface area contributed by atoms with Crippen LogP contribution in [0.1, 0.15) is 5.01 Å². The van der Waals surface area contributed by atoms with Gasteiger partial charge >= 0.3 is 0 Å². The molecule has 0 N–H and O–H groups in total. The zero-order chi connectivity index (χ0) is 17.2. The van der Waals surface area contributed by atoms with Crippen molar-refractivity contribution in [2.75, 3.05) is 4.90 Å². The van der Waals surface area contributed by atoms with Gasteiger partial charge in [-0.3, -0.25) is 9.69 Å². The van der Waals surface area contributed by atoms with Gasteiger partial charge in [-0.05, 0) is 18.2 Å². The summed E-state index contributed by atoms with van der Waals surface area (Å²) in [6, 6.07) is 19.5. The number of hydrogen-bond acceptors (Lipinski definition) is 5. The van der Waals surface area contributed by atoms with Gasteiger partial charge in [0.2, 0.25) is 0 Å². The summed E-state index contributed by atoms with van der Waals surface area (Å²) in [6.07, 6.45) is 1.82. The summed E-state index contributed by atoms with van der Waals surface area (Å²) in [5.41, 5.74) is 2.77. The van der Waals surface area contributed by atoms with Crippen molar-refractivity contribution in [1.82, 2.24) is 4.98 Å². The molecule has 1 amide bonds. The molecule has 0 saturated carbocycles. The lowest BCUT2D eigenvalue weighted by Gasteiger charge is -2.13. The Hall–Kier alpha value is -2.28. The topological polar surface area (TPSA) is 33.2 Å². The number of thioether (sulfide) groups is 1. The summed E-state index contributed by atoms with van der Waals surface area (Å²) in [6.45, 7) is 0. The van der Waals surface area contributed by atoms with Crippen LogP contribution in [0.3, 0.4) is 0 Å². The van der Waals surface area contributed by atoms with Crippen molar-refractivity contribution in [3.8, 4) is 11.3 Å². The normalized spacial score (nSPS) is 16.0. The van der Waals surface area contributed by atoms with Gasteiger partial charge < -0.3 is 0 Å². The van der Waals surface area contributed by atoms with E-state index in [9.17, 15) is 4.79 Å². The molecule has 0 radical (unpaired) electrons. The van der Waals surface area contributed by atoms with Crippen molar-refractivity contribution in [2.45, 2.75) is 0 Å². The Morgan fingerprint density at radius 3 is 2.40 bits per heavy atom. The maximum atomic E-state index is 12.7. The Kier molecular flexibility index (Phi) is 4.48. The minimum absolute atomic E-state index is 0.0994. The standard InChI is InChI=1S/C19H12N2OS3/c22-18-16(25-19(23)21(18)14-9-5-2-6-10-14)11-17-20-15(12-24-17)13-7-3-1-4-8-13/h1-12H/b16-11+. The van der Waals surface area contributed by atoms with E-state index in [1.165, 1.54) is 23.1 Å². The fourth-order valence-corrected chi connectivity index (χ4v) is 4.58. The van der Waals surface area contributed by atoms with Gasteiger partial charge in [-0.2, -0.15) is 0 Å². The number of rotatable bonds is 3. The number of thiocarbonyl (C=S) groups is 1. The van der Waals surface area contributed by atoms with Crippen molar-refractivity contribution in [2.24, 2.45) is 0 Å². The van der Waals surface area contributed by atoms with Crippen LogP contribution in [0, 0.1) is 0 Å². The molecular weight excluding hydrogens is 368 g/mol. The fourth-order valence-electron chi connectivity index (χ4n) is 2.47. The summed E-state index contributed by atoms with van der Waals surface area (Å²) in [5.74, 6) is -0.0994. The molecule has 6 heteroatoms. The highest BCUT2D eigenvalue weighted by molar-refractivity contribution is 8.27. The van der Waals surface area contributed by atoms with E-state index in [1.807, 2.05) is 72.1 Å². The van der Waals surface area contributed by atoms with E-state index in [1.54, 1.807) is 4.90 Å². The van der Waals surface area contributed by atoms with Crippen molar-refractivity contribution in [3.63, 3.8) is 0 Å². The van der Waals surface area contributed by atoms with Crippen molar-refractivity contribution in [3.05, 3.63) is 76.0 Å². The average Bonchev–Trinajstić information content (AvgIpc) is 3.22. The summed E-state index contributed by atoms with van der Waals surface area (Å²) in [5, 5.41) is 2.80. The molecule has 25 heavy (non-hydrogen) atoms. The molecule has 0 atom stereocenters. The van der Waals surface area contributed by atoms with Crippen LogP contribution in [0.2, 0.25) is 0 Å². The SMILES string of the molecule is O=C1/C(=C\c2nc(-c3ccccc3)cs2)SC(=S)N1c1ccccc1. The van der Waals surface area contributed by atoms with Gasteiger partial charge in [-0.1, -0.05) is 72.5 Å². The van der Waals surface area contributed by atoms with Crippen LogP contribution >= 0.6 is 35.3 Å².